The number of rotatable bonds is 4. The summed E-state index contributed by atoms with van der Waals surface area (Å²) in [4.78, 5) is 4.68. The number of thioether (sulfide) groups is 1. The summed E-state index contributed by atoms with van der Waals surface area (Å²) < 4.78 is 16.0. The quantitative estimate of drug-likeness (QED) is 0.460. The maximum Gasteiger partial charge on any atom is 0.157 e. The lowest BCUT2D eigenvalue weighted by atomic mass is 10.1. The van der Waals surface area contributed by atoms with Gasteiger partial charge < -0.3 is 0 Å². The molecule has 0 atom stereocenters. The van der Waals surface area contributed by atoms with E-state index in [2.05, 4.69) is 11.1 Å². The average molecular weight is 361 g/mol. The van der Waals surface area contributed by atoms with Crippen LogP contribution in [0.3, 0.4) is 0 Å². The largest absolute Gasteiger partial charge is 0.286 e. The molecule has 0 bridgehead atoms. The summed E-state index contributed by atoms with van der Waals surface area (Å²) in [6, 6.07) is 19.0. The van der Waals surface area contributed by atoms with Crippen molar-refractivity contribution in [3.8, 4) is 6.07 Å². The van der Waals surface area contributed by atoms with Gasteiger partial charge >= 0.3 is 0 Å². The molecule has 0 aliphatic heterocycles. The zero-order valence-electron chi connectivity index (χ0n) is 14.2. The number of hydrogen-bond acceptors (Lipinski definition) is 3. The summed E-state index contributed by atoms with van der Waals surface area (Å²) in [7, 11) is 0. The number of nitriles is 1. The summed E-state index contributed by atoms with van der Waals surface area (Å²) in [6.45, 7) is 2.03. The van der Waals surface area contributed by atoms with E-state index in [1.807, 2.05) is 47.7 Å². The highest BCUT2D eigenvalue weighted by Gasteiger charge is 2.16. The van der Waals surface area contributed by atoms with Crippen molar-refractivity contribution in [1.29, 1.82) is 5.26 Å². The molecule has 0 aliphatic carbocycles. The van der Waals surface area contributed by atoms with E-state index in [-0.39, 0.29) is 5.82 Å². The van der Waals surface area contributed by atoms with Gasteiger partial charge in [0.05, 0.1) is 21.6 Å². The normalized spacial score (nSPS) is 11.1. The van der Waals surface area contributed by atoms with E-state index in [9.17, 15) is 9.65 Å². The van der Waals surface area contributed by atoms with E-state index in [0.29, 0.717) is 22.5 Å². The first kappa shape index (κ1) is 16.6. The number of pyridine rings is 1. The Morgan fingerprint density at radius 1 is 1.12 bits per heavy atom. The van der Waals surface area contributed by atoms with Gasteiger partial charge in [-0.25, -0.2) is 9.37 Å². The van der Waals surface area contributed by atoms with Gasteiger partial charge in [0.2, 0.25) is 0 Å². The molecule has 2 aromatic heterocycles. The Morgan fingerprint density at radius 3 is 2.65 bits per heavy atom. The molecule has 5 heteroatoms. The van der Waals surface area contributed by atoms with Crippen molar-refractivity contribution in [2.45, 2.75) is 24.1 Å². The Balaban J connectivity index is 1.90. The molecule has 0 fully saturated rings. The molecule has 4 rings (SSSR count). The SMILES string of the molecule is CCc1cc(SCc2ccccc2F)n2c(nc3ccccc32)c1C#N. The Hall–Kier alpha value is -2.84. The number of aromatic nitrogens is 2. The number of para-hydroxylation sites is 2. The molecule has 26 heavy (non-hydrogen) atoms. The average Bonchev–Trinajstić information content (AvgIpc) is 3.06. The molecule has 0 saturated carbocycles. The van der Waals surface area contributed by atoms with Crippen LogP contribution in [0.5, 0.6) is 0 Å². The number of fused-ring (bicyclic) bond motifs is 3. The molecular weight excluding hydrogens is 345 g/mol. The number of aryl methyl sites for hydroxylation is 1. The Morgan fingerprint density at radius 2 is 1.88 bits per heavy atom. The monoisotopic (exact) mass is 361 g/mol. The third-order valence-corrected chi connectivity index (χ3v) is 5.50. The van der Waals surface area contributed by atoms with Crippen LogP contribution in [-0.4, -0.2) is 9.38 Å². The van der Waals surface area contributed by atoms with Gasteiger partial charge in [0.1, 0.15) is 11.9 Å². The fourth-order valence-corrected chi connectivity index (χ4v) is 4.20. The zero-order valence-corrected chi connectivity index (χ0v) is 15.1. The van der Waals surface area contributed by atoms with Gasteiger partial charge in [0.15, 0.2) is 5.65 Å². The third-order valence-electron chi connectivity index (χ3n) is 4.45. The van der Waals surface area contributed by atoms with Crippen molar-refractivity contribution in [3.05, 3.63) is 77.1 Å². The molecule has 0 unspecified atom stereocenters. The topological polar surface area (TPSA) is 41.1 Å². The lowest BCUT2D eigenvalue weighted by Crippen LogP contribution is -1.99. The van der Waals surface area contributed by atoms with Crippen molar-refractivity contribution in [3.63, 3.8) is 0 Å². The van der Waals surface area contributed by atoms with Gasteiger partial charge in [-0.3, -0.25) is 4.40 Å². The maximum absolute atomic E-state index is 14.0. The predicted octanol–water partition coefficient (Wildman–Crippen LogP) is 5.35. The highest BCUT2D eigenvalue weighted by atomic mass is 32.2. The number of hydrogen-bond donors (Lipinski definition) is 0. The number of imidazole rings is 1. The van der Waals surface area contributed by atoms with Gasteiger partial charge in [0, 0.05) is 5.75 Å². The first-order chi connectivity index (χ1) is 12.7. The van der Waals surface area contributed by atoms with Gasteiger partial charge in [-0.05, 0) is 41.8 Å². The second-order valence-electron chi connectivity index (χ2n) is 5.99. The van der Waals surface area contributed by atoms with E-state index < -0.39 is 0 Å². The summed E-state index contributed by atoms with van der Waals surface area (Å²) in [5.41, 5.74) is 4.72. The van der Waals surface area contributed by atoms with E-state index in [4.69, 9.17) is 0 Å². The molecule has 3 nitrogen and oxygen atoms in total. The molecule has 0 spiro atoms. The highest BCUT2D eigenvalue weighted by Crippen LogP contribution is 2.31. The van der Waals surface area contributed by atoms with E-state index in [0.717, 1.165) is 28.0 Å². The number of halogens is 1. The lowest BCUT2D eigenvalue weighted by Gasteiger charge is -2.11. The van der Waals surface area contributed by atoms with E-state index in [1.165, 1.54) is 6.07 Å². The molecular formula is C21H16FN3S. The van der Waals surface area contributed by atoms with Gasteiger partial charge in [-0.15, -0.1) is 11.8 Å². The predicted molar refractivity (Wildman–Crippen MR) is 103 cm³/mol. The second kappa shape index (κ2) is 6.81. The molecule has 4 aromatic rings. The Kier molecular flexibility index (Phi) is 4.36. The van der Waals surface area contributed by atoms with Crippen molar-refractivity contribution < 1.29 is 4.39 Å². The molecule has 0 aliphatic rings. The van der Waals surface area contributed by atoms with Crippen molar-refractivity contribution in [1.82, 2.24) is 9.38 Å². The van der Waals surface area contributed by atoms with Crippen LogP contribution in [0.1, 0.15) is 23.6 Å². The highest BCUT2D eigenvalue weighted by molar-refractivity contribution is 7.98. The van der Waals surface area contributed by atoms with Crippen LogP contribution in [0.4, 0.5) is 4.39 Å². The molecule has 0 saturated heterocycles. The van der Waals surface area contributed by atoms with Crippen molar-refractivity contribution in [2.75, 3.05) is 0 Å². The molecule has 128 valence electrons. The van der Waals surface area contributed by atoms with Crippen LogP contribution < -0.4 is 0 Å². The minimum absolute atomic E-state index is 0.198. The summed E-state index contributed by atoms with van der Waals surface area (Å²) in [5, 5.41) is 10.6. The Bertz CT molecular complexity index is 1160. The number of nitrogens with zero attached hydrogens (tertiary/aromatic N) is 3. The Labute approximate surface area is 155 Å². The molecule has 0 radical (unpaired) electrons. The van der Waals surface area contributed by atoms with E-state index in [1.54, 1.807) is 23.9 Å². The van der Waals surface area contributed by atoms with Crippen molar-refractivity contribution >= 4 is 28.4 Å². The zero-order chi connectivity index (χ0) is 18.1. The molecule has 2 aromatic carbocycles. The summed E-state index contributed by atoms with van der Waals surface area (Å²) in [6.07, 6.45) is 0.746. The van der Waals surface area contributed by atoms with Crippen LogP contribution in [0.2, 0.25) is 0 Å². The standard InChI is InChI=1S/C21H16FN3S/c1-2-14-11-20(26-13-15-7-3-4-8-17(15)22)25-19-10-6-5-9-18(19)24-21(25)16(14)12-23/h3-11H,2,13H2,1H3. The van der Waals surface area contributed by atoms with E-state index >= 15 is 0 Å². The van der Waals surface area contributed by atoms with Crippen LogP contribution in [0, 0.1) is 17.1 Å². The second-order valence-corrected chi connectivity index (χ2v) is 6.98. The van der Waals surface area contributed by atoms with Crippen molar-refractivity contribution in [2.24, 2.45) is 0 Å². The fourth-order valence-electron chi connectivity index (χ4n) is 3.12. The third kappa shape index (κ3) is 2.73. The summed E-state index contributed by atoms with van der Waals surface area (Å²) >= 11 is 1.56. The first-order valence-electron chi connectivity index (χ1n) is 8.42. The van der Waals surface area contributed by atoms with Crippen LogP contribution in [0.15, 0.2) is 59.6 Å². The minimum Gasteiger partial charge on any atom is -0.286 e. The fraction of sp³-hybridized carbons (Fsp3) is 0.143. The van der Waals surface area contributed by atoms with Crippen LogP contribution in [0.25, 0.3) is 16.7 Å². The van der Waals surface area contributed by atoms with Crippen LogP contribution >= 0.6 is 11.8 Å². The maximum atomic E-state index is 14.0. The van der Waals surface area contributed by atoms with Crippen LogP contribution in [-0.2, 0) is 12.2 Å². The molecule has 0 amide bonds. The van der Waals surface area contributed by atoms with Gasteiger partial charge in [-0.1, -0.05) is 37.3 Å². The van der Waals surface area contributed by atoms with Gasteiger partial charge in [-0.2, -0.15) is 5.26 Å². The lowest BCUT2D eigenvalue weighted by molar-refractivity contribution is 0.617. The number of benzene rings is 2. The summed E-state index contributed by atoms with van der Waals surface area (Å²) in [5.74, 6) is 0.319. The van der Waals surface area contributed by atoms with Gasteiger partial charge in [0.25, 0.3) is 0 Å². The molecule has 2 heterocycles. The first-order valence-corrected chi connectivity index (χ1v) is 9.41. The molecule has 0 N–H and O–H groups in total. The smallest absolute Gasteiger partial charge is 0.157 e. The minimum atomic E-state index is -0.198.